The van der Waals surface area contributed by atoms with E-state index in [0.717, 1.165) is 6.42 Å². The summed E-state index contributed by atoms with van der Waals surface area (Å²) in [7, 11) is 2.05. The van der Waals surface area contributed by atoms with Crippen molar-refractivity contribution in [1.82, 2.24) is 4.81 Å². The lowest BCUT2D eigenvalue weighted by atomic mass is 10.1. The number of rotatable bonds is 2. The van der Waals surface area contributed by atoms with E-state index in [0.29, 0.717) is 13.7 Å². The molecule has 0 spiro atoms. The topological polar surface area (TPSA) is 29.5 Å². The molecule has 3 nitrogen and oxygen atoms in total. The minimum Gasteiger partial charge on any atom is -0.422 e. The molecule has 0 N–H and O–H groups in total. The molecule has 1 heterocycles. The van der Waals surface area contributed by atoms with Crippen molar-refractivity contribution in [2.24, 2.45) is 5.92 Å². The average Bonchev–Trinajstić information content (AvgIpc) is 2.54. The van der Waals surface area contributed by atoms with Gasteiger partial charge >= 0.3 is 7.62 Å². The molecule has 4 heteroatoms. The van der Waals surface area contributed by atoms with Crippen molar-refractivity contribution in [3.05, 3.63) is 12.2 Å². The molecule has 1 saturated heterocycles. The first kappa shape index (κ1) is 6.92. The number of hydrogen-bond donors (Lipinski definition) is 0. The number of fused-ring (bicyclic) bond motifs is 2. The van der Waals surface area contributed by atoms with Crippen LogP contribution in [0.2, 0.25) is 0 Å². The third-order valence-electron chi connectivity index (χ3n) is 2.33. The van der Waals surface area contributed by atoms with Crippen molar-refractivity contribution >= 4 is 13.5 Å². The Hall–Kier alpha value is -0.765. The van der Waals surface area contributed by atoms with Crippen LogP contribution in [-0.2, 0) is 9.45 Å². The van der Waals surface area contributed by atoms with Gasteiger partial charge in [-0.15, -0.1) is 0 Å². The van der Waals surface area contributed by atoms with E-state index in [1.807, 2.05) is 6.08 Å². The summed E-state index contributed by atoms with van der Waals surface area (Å²) in [5, 5.41) is 0. The Labute approximate surface area is 66.3 Å². The summed E-state index contributed by atoms with van der Waals surface area (Å²) >= 11 is 0. The zero-order valence-corrected chi connectivity index (χ0v) is 6.49. The van der Waals surface area contributed by atoms with Crippen molar-refractivity contribution in [1.29, 1.82) is 0 Å². The third-order valence-corrected chi connectivity index (χ3v) is 2.33. The molecule has 0 aromatic carbocycles. The normalized spacial score (nSPS) is 33.5. The molecule has 1 amide bonds. The first-order valence-electron chi connectivity index (χ1n) is 3.80. The second kappa shape index (κ2) is 2.38. The van der Waals surface area contributed by atoms with Crippen LogP contribution in [0.1, 0.15) is 6.42 Å². The number of nitrogens with zero attached hydrogens (tertiary/aromatic N) is 1. The second-order valence-corrected chi connectivity index (χ2v) is 3.02. The van der Waals surface area contributed by atoms with E-state index in [1.165, 1.54) is 0 Å². The van der Waals surface area contributed by atoms with Crippen LogP contribution in [0.4, 0.5) is 0 Å². The molecule has 0 aromatic heterocycles. The molecule has 1 aliphatic carbocycles. The van der Waals surface area contributed by atoms with Crippen molar-refractivity contribution in [2.75, 3.05) is 7.11 Å². The molecule has 2 unspecified atom stereocenters. The van der Waals surface area contributed by atoms with E-state index < -0.39 is 0 Å². The molecule has 2 atom stereocenters. The molecule has 0 saturated carbocycles. The average molecular weight is 151 g/mol. The maximum atomic E-state index is 11.4. The largest absolute Gasteiger partial charge is 0.422 e. The standard InChI is InChI=1S/C7H10BNO2/c1-11-8-9-6-3-2-5(4-6)7(9)10/h2-3,5-6,8H,4H2,1H3. The number of amides is 1. The lowest BCUT2D eigenvalue weighted by Crippen LogP contribution is -2.38. The van der Waals surface area contributed by atoms with E-state index >= 15 is 0 Å². The molecule has 0 aromatic rings. The van der Waals surface area contributed by atoms with Gasteiger partial charge in [0.05, 0.1) is 5.92 Å². The van der Waals surface area contributed by atoms with Gasteiger partial charge in [-0.1, -0.05) is 12.2 Å². The van der Waals surface area contributed by atoms with Crippen LogP contribution in [0.15, 0.2) is 12.2 Å². The highest BCUT2D eigenvalue weighted by molar-refractivity contribution is 6.30. The van der Waals surface area contributed by atoms with Crippen LogP contribution < -0.4 is 0 Å². The summed E-state index contributed by atoms with van der Waals surface area (Å²) in [6.07, 6.45) is 5.05. The van der Waals surface area contributed by atoms with Gasteiger partial charge in [-0.3, -0.25) is 4.79 Å². The zero-order valence-electron chi connectivity index (χ0n) is 6.49. The number of carbonyl (C=O) groups excluding carboxylic acids is 1. The van der Waals surface area contributed by atoms with Gasteiger partial charge in [-0.25, -0.2) is 0 Å². The van der Waals surface area contributed by atoms with Gasteiger partial charge in [0.15, 0.2) is 0 Å². The molecule has 1 fully saturated rings. The van der Waals surface area contributed by atoms with Crippen LogP contribution in [0.5, 0.6) is 0 Å². The predicted molar refractivity (Wildman–Crippen MR) is 42.0 cm³/mol. The molecular formula is C7H10BNO2. The van der Waals surface area contributed by atoms with E-state index in [2.05, 4.69) is 6.08 Å². The highest BCUT2D eigenvalue weighted by atomic mass is 16.4. The molecular weight excluding hydrogens is 141 g/mol. The van der Waals surface area contributed by atoms with Gasteiger partial charge in [0, 0.05) is 13.2 Å². The fraction of sp³-hybridized carbons (Fsp3) is 0.571. The fourth-order valence-corrected chi connectivity index (χ4v) is 1.77. The van der Waals surface area contributed by atoms with Crippen molar-refractivity contribution in [3.63, 3.8) is 0 Å². The molecule has 2 rings (SSSR count). The van der Waals surface area contributed by atoms with Crippen LogP contribution in [0, 0.1) is 5.92 Å². The Kier molecular flexibility index (Phi) is 1.49. The zero-order chi connectivity index (χ0) is 7.84. The minimum atomic E-state index is 0.148. The van der Waals surface area contributed by atoms with Gasteiger partial charge in [0.1, 0.15) is 0 Å². The third kappa shape index (κ3) is 0.895. The van der Waals surface area contributed by atoms with E-state index in [1.54, 1.807) is 11.9 Å². The first-order chi connectivity index (χ1) is 5.33. The quantitative estimate of drug-likeness (QED) is 0.400. The molecule has 2 bridgehead atoms. The summed E-state index contributed by atoms with van der Waals surface area (Å²) in [6, 6.07) is 0.312. The minimum absolute atomic E-state index is 0.148. The Morgan fingerprint density at radius 1 is 1.73 bits per heavy atom. The van der Waals surface area contributed by atoms with E-state index in [4.69, 9.17) is 4.65 Å². The van der Waals surface area contributed by atoms with Crippen molar-refractivity contribution < 1.29 is 9.45 Å². The summed E-state index contributed by atoms with van der Waals surface area (Å²) in [5.74, 6) is 0.370. The van der Waals surface area contributed by atoms with Crippen LogP contribution in [0.25, 0.3) is 0 Å². The molecule has 1 aliphatic heterocycles. The SMILES string of the molecule is COBN1C(=O)C2C=CC1C2. The molecule has 0 radical (unpaired) electrons. The molecule has 11 heavy (non-hydrogen) atoms. The first-order valence-corrected chi connectivity index (χ1v) is 3.80. The Balaban J connectivity index is 2.12. The van der Waals surface area contributed by atoms with Gasteiger partial charge in [-0.05, 0) is 6.42 Å². The van der Waals surface area contributed by atoms with Crippen LogP contribution in [-0.4, -0.2) is 31.5 Å². The highest BCUT2D eigenvalue weighted by Crippen LogP contribution is 2.31. The van der Waals surface area contributed by atoms with E-state index in [9.17, 15) is 4.79 Å². The summed E-state index contributed by atoms with van der Waals surface area (Å²) in [6.45, 7) is 0. The van der Waals surface area contributed by atoms with Gasteiger partial charge in [0.25, 0.3) is 0 Å². The van der Waals surface area contributed by atoms with Gasteiger partial charge in [0.2, 0.25) is 5.91 Å². The summed E-state index contributed by atoms with van der Waals surface area (Å²) in [4.78, 5) is 13.1. The fourth-order valence-electron chi connectivity index (χ4n) is 1.77. The summed E-state index contributed by atoms with van der Waals surface area (Å²) in [5.41, 5.74) is 0. The Bertz CT molecular complexity index is 216. The predicted octanol–water partition coefficient (Wildman–Crippen LogP) is -0.314. The van der Waals surface area contributed by atoms with Crippen LogP contribution in [0.3, 0.4) is 0 Å². The van der Waals surface area contributed by atoms with Crippen molar-refractivity contribution in [3.8, 4) is 0 Å². The molecule has 2 aliphatic rings. The lowest BCUT2D eigenvalue weighted by Gasteiger charge is -2.21. The van der Waals surface area contributed by atoms with Crippen LogP contribution >= 0.6 is 0 Å². The Morgan fingerprint density at radius 3 is 3.09 bits per heavy atom. The van der Waals surface area contributed by atoms with Gasteiger partial charge in [-0.2, -0.15) is 0 Å². The monoisotopic (exact) mass is 151 g/mol. The Morgan fingerprint density at radius 2 is 2.55 bits per heavy atom. The lowest BCUT2D eigenvalue weighted by molar-refractivity contribution is -0.127. The second-order valence-electron chi connectivity index (χ2n) is 3.02. The smallest absolute Gasteiger partial charge is 0.399 e. The van der Waals surface area contributed by atoms with Crippen molar-refractivity contribution in [2.45, 2.75) is 12.5 Å². The molecule has 58 valence electrons. The van der Waals surface area contributed by atoms with E-state index in [-0.39, 0.29) is 11.8 Å². The summed E-state index contributed by atoms with van der Waals surface area (Å²) < 4.78 is 4.92. The number of carbonyl (C=O) groups is 1. The number of hydrogen-bond acceptors (Lipinski definition) is 2. The maximum absolute atomic E-state index is 11.4. The van der Waals surface area contributed by atoms with Gasteiger partial charge < -0.3 is 9.47 Å². The highest BCUT2D eigenvalue weighted by Gasteiger charge is 2.40. The maximum Gasteiger partial charge on any atom is 0.399 e.